The summed E-state index contributed by atoms with van der Waals surface area (Å²) in [6.45, 7) is 5.64. The Balaban J connectivity index is 0.00000242. The van der Waals surface area contributed by atoms with E-state index in [2.05, 4.69) is 12.7 Å². The van der Waals surface area contributed by atoms with Crippen LogP contribution in [0, 0.1) is 13.0 Å². The van der Waals surface area contributed by atoms with Gasteiger partial charge in [-0.3, -0.25) is 6.58 Å². The first kappa shape index (κ1) is 18.6. The van der Waals surface area contributed by atoms with Crippen molar-refractivity contribution in [3.8, 4) is 0 Å². The van der Waals surface area contributed by atoms with Crippen LogP contribution >= 0.6 is 0 Å². The number of nitrogens with zero attached hydrogens (tertiary/aromatic N) is 1. The molecule has 0 atom stereocenters. The summed E-state index contributed by atoms with van der Waals surface area (Å²) in [6, 6.07) is 16.2. The standard InChI is InChI=1S/C17H17NO2S.Au/c1-3-13-18(14-16-7-5-4-6-8-16)21(19,20)17-11-9-15(2)10-12-17;/h4-13H,1,14H2,2H3;/q;+1/b18-13-;. The molecule has 0 unspecified atom stereocenters. The van der Waals surface area contributed by atoms with E-state index in [-0.39, 0.29) is 33.8 Å². The fourth-order valence-electron chi connectivity index (χ4n) is 1.91. The van der Waals surface area contributed by atoms with Crippen LogP contribution < -0.4 is 0 Å². The van der Waals surface area contributed by atoms with Gasteiger partial charge >= 0.3 is 32.4 Å². The van der Waals surface area contributed by atoms with E-state index in [1.807, 2.05) is 37.3 Å². The molecular formula is C17H17AuNO2S+. The third-order valence-electron chi connectivity index (χ3n) is 3.04. The first-order chi connectivity index (χ1) is 10.0. The van der Waals surface area contributed by atoms with E-state index >= 15 is 0 Å². The Kier molecular flexibility index (Phi) is 6.97. The molecule has 0 amide bonds. The molecule has 0 heterocycles. The Labute approximate surface area is 147 Å². The normalized spacial score (nSPS) is 11.6. The molecule has 2 aromatic carbocycles. The minimum Gasteiger partial charge on any atom is -0.411 e. The van der Waals surface area contributed by atoms with Gasteiger partial charge in [0.2, 0.25) is 0 Å². The van der Waals surface area contributed by atoms with Crippen molar-refractivity contribution in [1.82, 2.24) is 0 Å². The van der Waals surface area contributed by atoms with Crippen molar-refractivity contribution in [3.63, 3.8) is 0 Å². The molecule has 0 fully saturated rings. The topological polar surface area (TPSA) is 37.1 Å². The zero-order valence-corrected chi connectivity index (χ0v) is 15.1. The van der Waals surface area contributed by atoms with Crippen molar-refractivity contribution in [2.75, 3.05) is 0 Å². The third kappa shape index (κ3) is 4.52. The molecule has 5 heteroatoms. The summed E-state index contributed by atoms with van der Waals surface area (Å²) in [5.41, 5.74) is 1.92. The Bertz CT molecular complexity index is 751. The second-order valence-corrected chi connectivity index (χ2v) is 6.57. The zero-order valence-electron chi connectivity index (χ0n) is 12.2. The van der Waals surface area contributed by atoms with E-state index in [0.29, 0.717) is 0 Å². The summed E-state index contributed by atoms with van der Waals surface area (Å²) < 4.78 is 26.6. The van der Waals surface area contributed by atoms with Gasteiger partial charge in [-0.1, -0.05) is 48.0 Å². The summed E-state index contributed by atoms with van der Waals surface area (Å²) in [5.74, 6) is 0. The fourth-order valence-corrected chi connectivity index (χ4v) is 3.19. The summed E-state index contributed by atoms with van der Waals surface area (Å²) in [5, 5.41) is 0. The smallest absolute Gasteiger partial charge is 0.411 e. The van der Waals surface area contributed by atoms with Crippen LogP contribution in [0.4, 0.5) is 0 Å². The summed E-state index contributed by atoms with van der Waals surface area (Å²) in [4.78, 5) is 0.260. The van der Waals surface area contributed by atoms with Crippen molar-refractivity contribution in [1.29, 1.82) is 0 Å². The molecule has 0 radical (unpaired) electrons. The SMILES string of the molecule is C=[C-]/C=[N+](/Cc1ccccc1)S(=O)(=O)c1ccc(C)cc1.[Au+]. The second-order valence-electron chi connectivity index (χ2n) is 4.68. The summed E-state index contributed by atoms with van der Waals surface area (Å²) in [6.07, 6.45) is 3.91. The van der Waals surface area contributed by atoms with Gasteiger partial charge in [-0.15, -0.1) is 3.98 Å². The molecule has 22 heavy (non-hydrogen) atoms. The quantitative estimate of drug-likeness (QED) is 0.277. The van der Waals surface area contributed by atoms with Crippen molar-refractivity contribution >= 4 is 16.2 Å². The van der Waals surface area contributed by atoms with Crippen molar-refractivity contribution in [2.45, 2.75) is 18.4 Å². The van der Waals surface area contributed by atoms with Crippen molar-refractivity contribution in [2.24, 2.45) is 0 Å². The van der Waals surface area contributed by atoms with Crippen molar-refractivity contribution in [3.05, 3.63) is 78.4 Å². The summed E-state index contributed by atoms with van der Waals surface area (Å²) >= 11 is 0. The van der Waals surface area contributed by atoms with Crippen LogP contribution in [0.15, 0.2) is 66.1 Å². The fraction of sp³-hybridized carbons (Fsp3) is 0.118. The van der Waals surface area contributed by atoms with Gasteiger partial charge in [0.1, 0.15) is 4.90 Å². The number of allylic oxidation sites excluding steroid dienone is 1. The minimum atomic E-state index is -3.60. The van der Waals surface area contributed by atoms with Crippen LogP contribution in [0.5, 0.6) is 0 Å². The van der Waals surface area contributed by atoms with Crippen LogP contribution in [0.3, 0.4) is 0 Å². The second kappa shape index (κ2) is 8.25. The predicted octanol–water partition coefficient (Wildman–Crippen LogP) is 2.95. The molecule has 0 aliphatic rings. The van der Waals surface area contributed by atoms with Gasteiger partial charge in [-0.2, -0.15) is 8.42 Å². The molecule has 2 aromatic rings. The Morgan fingerprint density at radius 1 is 1.09 bits per heavy atom. The number of rotatable bonds is 5. The molecule has 2 rings (SSSR count). The van der Waals surface area contributed by atoms with E-state index < -0.39 is 10.0 Å². The first-order valence-electron chi connectivity index (χ1n) is 6.52. The number of aryl methyl sites for hydroxylation is 1. The van der Waals surface area contributed by atoms with Gasteiger partial charge in [0.25, 0.3) is 0 Å². The molecule has 0 aromatic heterocycles. The van der Waals surface area contributed by atoms with Gasteiger partial charge in [-0.05, 0) is 19.1 Å². The average molecular weight is 496 g/mol. The molecular weight excluding hydrogens is 479 g/mol. The number of hydrogen-bond donors (Lipinski definition) is 0. The molecule has 0 saturated heterocycles. The Morgan fingerprint density at radius 2 is 1.68 bits per heavy atom. The number of sulfonamides is 1. The van der Waals surface area contributed by atoms with Crippen LogP contribution in [0.25, 0.3) is 0 Å². The van der Waals surface area contributed by atoms with Gasteiger partial charge in [0.05, 0.1) is 0 Å². The maximum atomic E-state index is 12.7. The largest absolute Gasteiger partial charge is 1.00 e. The Morgan fingerprint density at radius 3 is 2.23 bits per heavy atom. The predicted molar refractivity (Wildman–Crippen MR) is 83.7 cm³/mol. The number of hydrogen-bond acceptors (Lipinski definition) is 2. The molecule has 118 valence electrons. The monoisotopic (exact) mass is 496 g/mol. The molecule has 3 nitrogen and oxygen atoms in total. The molecule has 0 aliphatic carbocycles. The van der Waals surface area contributed by atoms with Gasteiger partial charge in [-0.25, -0.2) is 0 Å². The molecule has 0 N–H and O–H groups in total. The Hall–Kier alpha value is -1.46. The van der Waals surface area contributed by atoms with E-state index in [9.17, 15) is 8.42 Å². The van der Waals surface area contributed by atoms with E-state index in [4.69, 9.17) is 0 Å². The van der Waals surface area contributed by atoms with Gasteiger partial charge in [0, 0.05) is 11.8 Å². The third-order valence-corrected chi connectivity index (χ3v) is 4.76. The number of benzene rings is 2. The van der Waals surface area contributed by atoms with Crippen LogP contribution in [0.2, 0.25) is 0 Å². The van der Waals surface area contributed by atoms with E-state index in [0.717, 1.165) is 11.1 Å². The first-order valence-corrected chi connectivity index (χ1v) is 7.96. The molecule has 0 saturated carbocycles. The zero-order chi connectivity index (χ0) is 15.3. The average Bonchev–Trinajstić information content (AvgIpc) is 2.48. The van der Waals surface area contributed by atoms with Crippen LogP contribution in [-0.2, 0) is 38.9 Å². The maximum absolute atomic E-state index is 12.7. The maximum Gasteiger partial charge on any atom is 1.00 e. The van der Waals surface area contributed by atoms with Gasteiger partial charge in [0.15, 0.2) is 6.54 Å². The molecule has 0 aliphatic heterocycles. The minimum absolute atomic E-state index is 0. The van der Waals surface area contributed by atoms with E-state index in [1.54, 1.807) is 24.3 Å². The van der Waals surface area contributed by atoms with E-state index in [1.165, 1.54) is 10.2 Å². The summed E-state index contributed by atoms with van der Waals surface area (Å²) in [7, 11) is -3.60. The van der Waals surface area contributed by atoms with Gasteiger partial charge < -0.3 is 6.08 Å². The molecule has 0 bridgehead atoms. The van der Waals surface area contributed by atoms with Crippen LogP contribution in [0.1, 0.15) is 11.1 Å². The molecule has 0 spiro atoms. The van der Waals surface area contributed by atoms with Crippen molar-refractivity contribution < 1.29 is 34.8 Å². The van der Waals surface area contributed by atoms with Crippen LogP contribution in [-0.4, -0.2) is 18.6 Å².